The van der Waals surface area contributed by atoms with Crippen LogP contribution in [-0.2, 0) is 19.6 Å². The van der Waals surface area contributed by atoms with Crippen molar-refractivity contribution in [1.29, 1.82) is 0 Å². The van der Waals surface area contributed by atoms with E-state index >= 15 is 0 Å². The topological polar surface area (TPSA) is 50.9 Å². The van der Waals surface area contributed by atoms with Gasteiger partial charge in [0.15, 0.2) is 5.11 Å². The van der Waals surface area contributed by atoms with E-state index in [-0.39, 0.29) is 5.82 Å². The van der Waals surface area contributed by atoms with Gasteiger partial charge < -0.3 is 10.2 Å². The number of hydrogen-bond donors (Lipinski definition) is 1. The minimum absolute atomic E-state index is 0.238. The fraction of sp³-hybridized carbons (Fsp3) is 0.409. The Morgan fingerprint density at radius 3 is 2.27 bits per heavy atom. The molecule has 0 saturated heterocycles. The van der Waals surface area contributed by atoms with Crippen LogP contribution in [0.15, 0.2) is 24.3 Å². The molecule has 3 rings (SSSR count). The summed E-state index contributed by atoms with van der Waals surface area (Å²) >= 11 is 5.66. The lowest BCUT2D eigenvalue weighted by Gasteiger charge is -2.21. The van der Waals surface area contributed by atoms with E-state index in [9.17, 15) is 4.39 Å². The van der Waals surface area contributed by atoms with Crippen LogP contribution in [0.3, 0.4) is 0 Å². The largest absolute Gasteiger partial charge is 0.348 e. The summed E-state index contributed by atoms with van der Waals surface area (Å²) in [6.45, 7) is 12.3. The van der Waals surface area contributed by atoms with Crippen LogP contribution < -0.4 is 5.32 Å². The normalized spacial score (nSPS) is 11.0. The molecule has 30 heavy (non-hydrogen) atoms. The van der Waals surface area contributed by atoms with Gasteiger partial charge in [-0.3, -0.25) is 9.36 Å². The van der Waals surface area contributed by atoms with Gasteiger partial charge in [0.1, 0.15) is 5.82 Å². The minimum atomic E-state index is -0.238. The second kappa shape index (κ2) is 8.95. The van der Waals surface area contributed by atoms with Crippen molar-refractivity contribution in [3.05, 3.63) is 64.0 Å². The van der Waals surface area contributed by atoms with Crippen LogP contribution in [0.2, 0.25) is 0 Å². The van der Waals surface area contributed by atoms with Crippen LogP contribution in [0.4, 0.5) is 10.1 Å². The highest BCUT2D eigenvalue weighted by atomic mass is 32.1. The maximum absolute atomic E-state index is 13.2. The molecule has 160 valence electrons. The predicted molar refractivity (Wildman–Crippen MR) is 122 cm³/mol. The van der Waals surface area contributed by atoms with E-state index in [0.29, 0.717) is 18.2 Å². The zero-order chi connectivity index (χ0) is 22.0. The average molecular weight is 429 g/mol. The first-order valence-corrected chi connectivity index (χ1v) is 10.5. The van der Waals surface area contributed by atoms with Gasteiger partial charge in [-0.1, -0.05) is 12.1 Å². The average Bonchev–Trinajstić information content (AvgIpc) is 3.13. The zero-order valence-electron chi connectivity index (χ0n) is 18.5. The lowest BCUT2D eigenvalue weighted by molar-refractivity contribution is 0.504. The standard InChI is InChI=1S/C22H29FN6S/c1-7-28-16(4)20(14(2)25-28)13-27(6)22(30)24-21-15(3)26-29(17(21)5)12-18-8-10-19(23)11-9-18/h8-11H,7,12-13H2,1-6H3,(H,24,30). The summed E-state index contributed by atoms with van der Waals surface area (Å²) in [6.07, 6.45) is 0. The van der Waals surface area contributed by atoms with E-state index in [1.165, 1.54) is 23.4 Å². The number of nitrogens with zero attached hydrogens (tertiary/aromatic N) is 5. The van der Waals surface area contributed by atoms with Crippen molar-refractivity contribution in [1.82, 2.24) is 24.5 Å². The molecular weight excluding hydrogens is 399 g/mol. The van der Waals surface area contributed by atoms with Crippen LogP contribution in [-0.4, -0.2) is 36.6 Å². The van der Waals surface area contributed by atoms with Crippen molar-refractivity contribution in [2.45, 2.75) is 54.3 Å². The van der Waals surface area contributed by atoms with Gasteiger partial charge in [0, 0.05) is 31.4 Å². The Bertz CT molecular complexity index is 1050. The summed E-state index contributed by atoms with van der Waals surface area (Å²) in [5.74, 6) is -0.238. The van der Waals surface area contributed by atoms with Gasteiger partial charge in [0.05, 0.1) is 29.3 Å². The molecule has 2 heterocycles. The third-order valence-electron chi connectivity index (χ3n) is 5.43. The molecule has 0 saturated carbocycles. The molecule has 6 nitrogen and oxygen atoms in total. The lowest BCUT2D eigenvalue weighted by atomic mass is 10.2. The summed E-state index contributed by atoms with van der Waals surface area (Å²) in [5.41, 5.74) is 7.16. The molecule has 2 aromatic heterocycles. The van der Waals surface area contributed by atoms with Crippen LogP contribution in [0.1, 0.15) is 40.8 Å². The monoisotopic (exact) mass is 428 g/mol. The van der Waals surface area contributed by atoms with Gasteiger partial charge in [-0.2, -0.15) is 10.2 Å². The number of hydrogen-bond acceptors (Lipinski definition) is 3. The van der Waals surface area contributed by atoms with E-state index in [4.69, 9.17) is 12.2 Å². The number of halogens is 1. The molecule has 1 N–H and O–H groups in total. The Labute approximate surface area is 182 Å². The molecule has 0 amide bonds. The first-order chi connectivity index (χ1) is 14.2. The first kappa shape index (κ1) is 22.0. The van der Waals surface area contributed by atoms with Crippen molar-refractivity contribution in [2.75, 3.05) is 12.4 Å². The van der Waals surface area contributed by atoms with Gasteiger partial charge >= 0.3 is 0 Å². The third kappa shape index (κ3) is 4.53. The van der Waals surface area contributed by atoms with E-state index in [1.807, 2.05) is 42.1 Å². The molecule has 0 unspecified atom stereocenters. The number of rotatable bonds is 6. The summed E-state index contributed by atoms with van der Waals surface area (Å²) in [7, 11) is 1.98. The molecule has 8 heteroatoms. The van der Waals surface area contributed by atoms with E-state index in [0.717, 1.165) is 34.9 Å². The van der Waals surface area contributed by atoms with Crippen molar-refractivity contribution in [3.8, 4) is 0 Å². The zero-order valence-corrected chi connectivity index (χ0v) is 19.3. The Kier molecular flexibility index (Phi) is 6.55. The number of nitrogens with one attached hydrogen (secondary N) is 1. The van der Waals surface area contributed by atoms with Gasteiger partial charge in [-0.25, -0.2) is 4.39 Å². The smallest absolute Gasteiger partial charge is 0.173 e. The Morgan fingerprint density at radius 1 is 1.03 bits per heavy atom. The molecule has 0 atom stereocenters. The Morgan fingerprint density at radius 2 is 1.67 bits per heavy atom. The number of thiocarbonyl (C=S) groups is 1. The van der Waals surface area contributed by atoms with Gasteiger partial charge in [-0.05, 0) is 64.5 Å². The molecular formula is C22H29FN6S. The minimum Gasteiger partial charge on any atom is -0.348 e. The molecule has 0 fully saturated rings. The van der Waals surface area contributed by atoms with Crippen LogP contribution in [0.5, 0.6) is 0 Å². The number of aromatic nitrogens is 4. The van der Waals surface area contributed by atoms with Crippen LogP contribution in [0, 0.1) is 33.5 Å². The molecule has 0 aliphatic carbocycles. The highest BCUT2D eigenvalue weighted by Crippen LogP contribution is 2.22. The fourth-order valence-electron chi connectivity index (χ4n) is 3.58. The molecule has 0 aliphatic rings. The third-order valence-corrected chi connectivity index (χ3v) is 5.85. The van der Waals surface area contributed by atoms with E-state index in [1.54, 1.807) is 12.1 Å². The van der Waals surface area contributed by atoms with Crippen molar-refractivity contribution >= 4 is 23.0 Å². The number of anilines is 1. The number of benzene rings is 1. The second-order valence-electron chi connectivity index (χ2n) is 7.58. The molecule has 3 aromatic rings. The molecule has 1 aromatic carbocycles. The van der Waals surface area contributed by atoms with Crippen LogP contribution >= 0.6 is 12.2 Å². The summed E-state index contributed by atoms with van der Waals surface area (Å²) in [4.78, 5) is 2.02. The van der Waals surface area contributed by atoms with Gasteiger partial charge in [0.2, 0.25) is 0 Å². The van der Waals surface area contributed by atoms with E-state index < -0.39 is 0 Å². The second-order valence-corrected chi connectivity index (χ2v) is 7.97. The van der Waals surface area contributed by atoms with Crippen LogP contribution in [0.25, 0.3) is 0 Å². The lowest BCUT2D eigenvalue weighted by Crippen LogP contribution is -2.31. The SMILES string of the molecule is CCn1nc(C)c(CN(C)C(=S)Nc2c(C)nn(Cc3ccc(F)cc3)c2C)c1C. The maximum atomic E-state index is 13.2. The molecule has 0 aliphatic heterocycles. The highest BCUT2D eigenvalue weighted by molar-refractivity contribution is 7.80. The van der Waals surface area contributed by atoms with E-state index in [2.05, 4.69) is 29.4 Å². The first-order valence-electron chi connectivity index (χ1n) is 10.0. The van der Waals surface area contributed by atoms with Crippen molar-refractivity contribution in [3.63, 3.8) is 0 Å². The fourth-order valence-corrected chi connectivity index (χ4v) is 3.74. The highest BCUT2D eigenvalue weighted by Gasteiger charge is 2.17. The Balaban J connectivity index is 1.72. The summed E-state index contributed by atoms with van der Waals surface area (Å²) in [6, 6.07) is 6.49. The molecule has 0 bridgehead atoms. The van der Waals surface area contributed by atoms with Crippen molar-refractivity contribution < 1.29 is 4.39 Å². The summed E-state index contributed by atoms with van der Waals surface area (Å²) < 4.78 is 17.1. The quantitative estimate of drug-likeness (QED) is 0.592. The van der Waals surface area contributed by atoms with Gasteiger partial charge in [0.25, 0.3) is 0 Å². The maximum Gasteiger partial charge on any atom is 0.173 e. The number of aryl methyl sites for hydroxylation is 3. The predicted octanol–water partition coefficient (Wildman–Crippen LogP) is 4.35. The van der Waals surface area contributed by atoms with Crippen molar-refractivity contribution in [2.24, 2.45) is 0 Å². The molecule has 0 spiro atoms. The van der Waals surface area contributed by atoms with Gasteiger partial charge in [-0.15, -0.1) is 0 Å². The Hall–Kier alpha value is -2.74. The molecule has 0 radical (unpaired) electrons. The summed E-state index contributed by atoms with van der Waals surface area (Å²) in [5, 5.41) is 13.2.